The largest absolute Gasteiger partial charge is 0.461 e. The van der Waals surface area contributed by atoms with E-state index in [9.17, 15) is 4.79 Å². The summed E-state index contributed by atoms with van der Waals surface area (Å²) in [4.78, 5) is 13.5. The van der Waals surface area contributed by atoms with E-state index in [2.05, 4.69) is 32.3 Å². The standard InChI is InChI=1S/C13H25NO2/c1-6-7-8-14(12(4)5)9-10-16-13(15)11(2)3/h12H,2,6-10H2,1,3-5H3. The van der Waals surface area contributed by atoms with Crippen molar-refractivity contribution in [3.8, 4) is 0 Å². The Kier molecular flexibility index (Phi) is 7.90. The summed E-state index contributed by atoms with van der Waals surface area (Å²) in [7, 11) is 0. The molecule has 0 saturated carbocycles. The molecule has 0 N–H and O–H groups in total. The van der Waals surface area contributed by atoms with Gasteiger partial charge >= 0.3 is 5.97 Å². The number of rotatable bonds is 8. The molecule has 0 heterocycles. The van der Waals surface area contributed by atoms with Crippen LogP contribution in [0.2, 0.25) is 0 Å². The zero-order valence-corrected chi connectivity index (χ0v) is 11.1. The molecule has 3 nitrogen and oxygen atoms in total. The molecule has 0 aromatic rings. The van der Waals surface area contributed by atoms with Gasteiger partial charge in [-0.15, -0.1) is 0 Å². The smallest absolute Gasteiger partial charge is 0.333 e. The number of hydrogen-bond acceptors (Lipinski definition) is 3. The number of unbranched alkanes of at least 4 members (excludes halogenated alkanes) is 1. The number of hydrogen-bond donors (Lipinski definition) is 0. The molecule has 0 amide bonds. The Morgan fingerprint density at radius 3 is 2.44 bits per heavy atom. The maximum atomic E-state index is 11.2. The number of nitrogens with zero attached hydrogens (tertiary/aromatic N) is 1. The van der Waals surface area contributed by atoms with E-state index in [-0.39, 0.29) is 5.97 Å². The second kappa shape index (κ2) is 8.34. The Morgan fingerprint density at radius 2 is 2.00 bits per heavy atom. The lowest BCUT2D eigenvalue weighted by molar-refractivity contribution is -0.139. The Bertz CT molecular complexity index is 224. The third-order valence-electron chi connectivity index (χ3n) is 2.49. The summed E-state index contributed by atoms with van der Waals surface area (Å²) in [6.45, 7) is 14.0. The molecule has 0 radical (unpaired) electrons. The highest BCUT2D eigenvalue weighted by Crippen LogP contribution is 2.02. The molecule has 0 aliphatic rings. The highest BCUT2D eigenvalue weighted by molar-refractivity contribution is 5.86. The van der Waals surface area contributed by atoms with Crippen molar-refractivity contribution in [1.29, 1.82) is 0 Å². The summed E-state index contributed by atoms with van der Waals surface area (Å²) in [5.74, 6) is -0.292. The number of carbonyl (C=O) groups is 1. The van der Waals surface area contributed by atoms with Crippen molar-refractivity contribution < 1.29 is 9.53 Å². The van der Waals surface area contributed by atoms with E-state index in [0.29, 0.717) is 18.2 Å². The lowest BCUT2D eigenvalue weighted by Crippen LogP contribution is -2.35. The molecule has 3 heteroatoms. The Morgan fingerprint density at radius 1 is 1.38 bits per heavy atom. The van der Waals surface area contributed by atoms with Gasteiger partial charge in [-0.3, -0.25) is 4.90 Å². The van der Waals surface area contributed by atoms with Crippen LogP contribution in [0, 0.1) is 0 Å². The summed E-state index contributed by atoms with van der Waals surface area (Å²) in [6, 6.07) is 0.495. The van der Waals surface area contributed by atoms with E-state index in [0.717, 1.165) is 13.1 Å². The first-order valence-electron chi connectivity index (χ1n) is 6.05. The summed E-state index contributed by atoms with van der Waals surface area (Å²) in [5, 5.41) is 0. The van der Waals surface area contributed by atoms with Crippen molar-refractivity contribution in [3.63, 3.8) is 0 Å². The quantitative estimate of drug-likeness (QED) is 0.471. The molecule has 94 valence electrons. The number of carbonyl (C=O) groups excluding carboxylic acids is 1. The predicted octanol–water partition coefficient (Wildman–Crippen LogP) is 2.62. The molecule has 0 aromatic carbocycles. The molecule has 0 atom stereocenters. The van der Waals surface area contributed by atoms with Crippen LogP contribution in [-0.2, 0) is 9.53 Å². The molecule has 0 rings (SSSR count). The van der Waals surface area contributed by atoms with Gasteiger partial charge in [-0.05, 0) is 33.7 Å². The normalized spacial score (nSPS) is 10.9. The van der Waals surface area contributed by atoms with Crippen LogP contribution in [0.5, 0.6) is 0 Å². The monoisotopic (exact) mass is 227 g/mol. The van der Waals surface area contributed by atoms with Gasteiger partial charge in [0.1, 0.15) is 6.61 Å². The maximum absolute atomic E-state index is 11.2. The molecule has 0 aliphatic heterocycles. The SMILES string of the molecule is C=C(C)C(=O)OCCN(CCCC)C(C)C. The van der Waals surface area contributed by atoms with Crippen LogP contribution in [0.1, 0.15) is 40.5 Å². The van der Waals surface area contributed by atoms with Crippen LogP contribution in [-0.4, -0.2) is 36.6 Å². The van der Waals surface area contributed by atoms with E-state index in [1.165, 1.54) is 12.8 Å². The minimum absolute atomic E-state index is 0.292. The fourth-order valence-electron chi connectivity index (χ4n) is 1.37. The van der Waals surface area contributed by atoms with E-state index >= 15 is 0 Å². The van der Waals surface area contributed by atoms with Gasteiger partial charge in [-0.25, -0.2) is 4.79 Å². The summed E-state index contributed by atoms with van der Waals surface area (Å²) in [5.41, 5.74) is 0.463. The number of ether oxygens (including phenoxy) is 1. The molecule has 0 aliphatic carbocycles. The third-order valence-corrected chi connectivity index (χ3v) is 2.49. The molecule has 0 spiro atoms. The van der Waals surface area contributed by atoms with Crippen LogP contribution in [0.25, 0.3) is 0 Å². The van der Waals surface area contributed by atoms with Gasteiger partial charge in [-0.2, -0.15) is 0 Å². The summed E-state index contributed by atoms with van der Waals surface area (Å²) in [6.07, 6.45) is 2.38. The van der Waals surface area contributed by atoms with Crippen molar-refractivity contribution in [2.75, 3.05) is 19.7 Å². The third kappa shape index (κ3) is 6.62. The van der Waals surface area contributed by atoms with Crippen LogP contribution < -0.4 is 0 Å². The topological polar surface area (TPSA) is 29.5 Å². The average Bonchev–Trinajstić information content (AvgIpc) is 2.21. The fourth-order valence-corrected chi connectivity index (χ4v) is 1.37. The van der Waals surface area contributed by atoms with Crippen molar-refractivity contribution in [2.45, 2.75) is 46.6 Å². The first kappa shape index (κ1) is 15.2. The van der Waals surface area contributed by atoms with Gasteiger partial charge in [0.05, 0.1) is 0 Å². The molecule has 0 aromatic heterocycles. The first-order chi connectivity index (χ1) is 7.49. The number of esters is 1. The van der Waals surface area contributed by atoms with Crippen molar-refractivity contribution in [2.24, 2.45) is 0 Å². The predicted molar refractivity (Wildman–Crippen MR) is 67.4 cm³/mol. The molecule has 0 bridgehead atoms. The Hall–Kier alpha value is -0.830. The van der Waals surface area contributed by atoms with E-state index in [1.54, 1.807) is 6.92 Å². The Labute approximate surface area is 99.5 Å². The highest BCUT2D eigenvalue weighted by atomic mass is 16.5. The van der Waals surface area contributed by atoms with E-state index in [4.69, 9.17) is 4.74 Å². The van der Waals surface area contributed by atoms with Crippen LogP contribution in [0.4, 0.5) is 0 Å². The molecule has 0 unspecified atom stereocenters. The molecule has 16 heavy (non-hydrogen) atoms. The lowest BCUT2D eigenvalue weighted by Gasteiger charge is -2.25. The van der Waals surface area contributed by atoms with Crippen LogP contribution >= 0.6 is 0 Å². The van der Waals surface area contributed by atoms with Gasteiger partial charge < -0.3 is 4.74 Å². The average molecular weight is 227 g/mol. The Balaban J connectivity index is 3.84. The fraction of sp³-hybridized carbons (Fsp3) is 0.769. The molecule has 0 saturated heterocycles. The van der Waals surface area contributed by atoms with Gasteiger partial charge in [0.25, 0.3) is 0 Å². The lowest BCUT2D eigenvalue weighted by atomic mass is 10.2. The van der Waals surface area contributed by atoms with Gasteiger partial charge in [0.15, 0.2) is 0 Å². The summed E-state index contributed by atoms with van der Waals surface area (Å²) < 4.78 is 5.08. The van der Waals surface area contributed by atoms with Gasteiger partial charge in [-0.1, -0.05) is 19.9 Å². The summed E-state index contributed by atoms with van der Waals surface area (Å²) >= 11 is 0. The first-order valence-corrected chi connectivity index (χ1v) is 6.05. The van der Waals surface area contributed by atoms with Crippen molar-refractivity contribution >= 4 is 5.97 Å². The molecule has 0 fully saturated rings. The zero-order valence-electron chi connectivity index (χ0n) is 11.1. The maximum Gasteiger partial charge on any atom is 0.333 e. The van der Waals surface area contributed by atoms with E-state index < -0.39 is 0 Å². The minimum atomic E-state index is -0.292. The molecular formula is C13H25NO2. The zero-order chi connectivity index (χ0) is 12.6. The van der Waals surface area contributed by atoms with E-state index in [1.807, 2.05) is 0 Å². The van der Waals surface area contributed by atoms with Crippen molar-refractivity contribution in [3.05, 3.63) is 12.2 Å². The van der Waals surface area contributed by atoms with Crippen LogP contribution in [0.3, 0.4) is 0 Å². The minimum Gasteiger partial charge on any atom is -0.461 e. The van der Waals surface area contributed by atoms with Gasteiger partial charge in [0.2, 0.25) is 0 Å². The van der Waals surface area contributed by atoms with Crippen LogP contribution in [0.15, 0.2) is 12.2 Å². The second-order valence-electron chi connectivity index (χ2n) is 4.40. The highest BCUT2D eigenvalue weighted by Gasteiger charge is 2.10. The molecular weight excluding hydrogens is 202 g/mol. The van der Waals surface area contributed by atoms with Gasteiger partial charge in [0, 0.05) is 18.2 Å². The second-order valence-corrected chi connectivity index (χ2v) is 4.40. The van der Waals surface area contributed by atoms with Crippen molar-refractivity contribution in [1.82, 2.24) is 4.90 Å².